The zero-order chi connectivity index (χ0) is 6.20. The Balaban J connectivity index is 0.000000640. The fourth-order valence-corrected chi connectivity index (χ4v) is 0.895. The maximum Gasteiger partial charge on any atom is 0.187 e. The van der Waals surface area contributed by atoms with E-state index >= 15 is 0 Å². The summed E-state index contributed by atoms with van der Waals surface area (Å²) in [5.41, 5.74) is 0. The predicted molar refractivity (Wildman–Crippen MR) is 33.8 cm³/mol. The van der Waals surface area contributed by atoms with Crippen LogP contribution in [0.25, 0.3) is 0 Å². The Morgan fingerprint density at radius 2 is 2.11 bits per heavy atom. The predicted octanol–water partition coefficient (Wildman–Crippen LogP) is 2.07. The maximum atomic E-state index is 12.6. The standard InChI is InChI=1S/C5H9F2N.ClH/c1-5(6)3-2-4-8(5)7;/h2-4H2,1H3;1H. The van der Waals surface area contributed by atoms with Crippen LogP contribution in [0.1, 0.15) is 19.8 Å². The van der Waals surface area contributed by atoms with E-state index in [-0.39, 0.29) is 24.1 Å². The van der Waals surface area contributed by atoms with Crippen molar-refractivity contribution in [2.45, 2.75) is 25.6 Å². The van der Waals surface area contributed by atoms with Crippen molar-refractivity contribution in [3.05, 3.63) is 0 Å². The van der Waals surface area contributed by atoms with E-state index in [9.17, 15) is 8.87 Å². The molecule has 0 amide bonds. The van der Waals surface area contributed by atoms with E-state index in [0.29, 0.717) is 12.8 Å². The molecule has 0 bridgehead atoms. The molecule has 0 radical (unpaired) electrons. The highest BCUT2D eigenvalue weighted by molar-refractivity contribution is 5.85. The molecule has 1 atom stereocenters. The smallest absolute Gasteiger partial charge is 0.187 e. The van der Waals surface area contributed by atoms with E-state index in [2.05, 4.69) is 0 Å². The Bertz CT molecular complexity index is 97.0. The molecule has 0 saturated carbocycles. The van der Waals surface area contributed by atoms with Crippen LogP contribution in [0.4, 0.5) is 8.87 Å². The van der Waals surface area contributed by atoms with Gasteiger partial charge in [0.1, 0.15) is 0 Å². The molecule has 0 aromatic carbocycles. The summed E-state index contributed by atoms with van der Waals surface area (Å²) < 4.78 is 24.7. The maximum absolute atomic E-state index is 12.6. The lowest BCUT2D eigenvalue weighted by Gasteiger charge is -2.16. The summed E-state index contributed by atoms with van der Waals surface area (Å²) in [6, 6.07) is 0. The van der Waals surface area contributed by atoms with Crippen LogP contribution in [0.3, 0.4) is 0 Å². The first-order chi connectivity index (χ1) is 3.63. The van der Waals surface area contributed by atoms with E-state index in [1.807, 2.05) is 0 Å². The molecule has 1 heterocycles. The Hall–Kier alpha value is 0.110. The van der Waals surface area contributed by atoms with Gasteiger partial charge in [0.15, 0.2) is 5.79 Å². The molecule has 1 fully saturated rings. The first-order valence-corrected chi connectivity index (χ1v) is 2.75. The van der Waals surface area contributed by atoms with Crippen LogP contribution in [0.2, 0.25) is 0 Å². The van der Waals surface area contributed by atoms with Crippen molar-refractivity contribution in [2.24, 2.45) is 0 Å². The van der Waals surface area contributed by atoms with Gasteiger partial charge in [-0.1, -0.05) is 0 Å². The summed E-state index contributed by atoms with van der Waals surface area (Å²) in [6.45, 7) is 1.51. The summed E-state index contributed by atoms with van der Waals surface area (Å²) >= 11 is 0. The Kier molecular flexibility index (Phi) is 2.83. The summed E-state index contributed by atoms with van der Waals surface area (Å²) in [5, 5.41) is 0.257. The minimum absolute atomic E-state index is 0. The minimum atomic E-state index is -1.68. The second-order valence-electron chi connectivity index (χ2n) is 2.33. The first kappa shape index (κ1) is 9.11. The molecule has 1 aliphatic rings. The summed E-state index contributed by atoms with van der Waals surface area (Å²) in [4.78, 5) is 0. The van der Waals surface area contributed by atoms with Crippen LogP contribution in [0.5, 0.6) is 0 Å². The summed E-state index contributed by atoms with van der Waals surface area (Å²) in [7, 11) is 0. The molecule has 0 spiro atoms. The molecule has 0 aromatic rings. The molecule has 0 N–H and O–H groups in total. The van der Waals surface area contributed by atoms with Gasteiger partial charge in [-0.05, 0) is 19.8 Å². The van der Waals surface area contributed by atoms with Crippen molar-refractivity contribution in [3.8, 4) is 0 Å². The third-order valence-electron chi connectivity index (χ3n) is 1.49. The number of halogens is 3. The fourth-order valence-electron chi connectivity index (χ4n) is 0.895. The Morgan fingerprint density at radius 3 is 2.22 bits per heavy atom. The fraction of sp³-hybridized carbons (Fsp3) is 1.00. The topological polar surface area (TPSA) is 3.24 Å². The third-order valence-corrected chi connectivity index (χ3v) is 1.49. The van der Waals surface area contributed by atoms with Crippen molar-refractivity contribution >= 4 is 12.4 Å². The van der Waals surface area contributed by atoms with Gasteiger partial charge < -0.3 is 0 Å². The number of hydrogen-bond donors (Lipinski definition) is 0. The molecule has 0 aliphatic carbocycles. The zero-order valence-corrected chi connectivity index (χ0v) is 6.05. The second kappa shape index (κ2) is 2.80. The molecule has 4 heteroatoms. The van der Waals surface area contributed by atoms with Gasteiger partial charge in [-0.3, -0.25) is 0 Å². The molecule has 1 rings (SSSR count). The zero-order valence-electron chi connectivity index (χ0n) is 5.23. The summed E-state index contributed by atoms with van der Waals surface area (Å²) in [5.74, 6) is -1.68. The lowest BCUT2D eigenvalue weighted by atomic mass is 10.2. The van der Waals surface area contributed by atoms with Crippen molar-refractivity contribution in [2.75, 3.05) is 6.54 Å². The molecule has 1 unspecified atom stereocenters. The van der Waals surface area contributed by atoms with Gasteiger partial charge in [0.05, 0.1) is 0 Å². The van der Waals surface area contributed by atoms with Crippen molar-refractivity contribution < 1.29 is 8.87 Å². The van der Waals surface area contributed by atoms with Crippen LogP contribution in [0.15, 0.2) is 0 Å². The highest BCUT2D eigenvalue weighted by Crippen LogP contribution is 2.29. The van der Waals surface area contributed by atoms with Crippen molar-refractivity contribution in [1.29, 1.82) is 0 Å². The quantitative estimate of drug-likeness (QED) is 0.385. The van der Waals surface area contributed by atoms with Crippen molar-refractivity contribution in [3.63, 3.8) is 0 Å². The molecular formula is C5H10ClF2N. The molecule has 1 saturated heterocycles. The molecule has 0 aromatic heterocycles. The number of nitrogens with zero attached hydrogens (tertiary/aromatic N) is 1. The number of alkyl halides is 1. The lowest BCUT2D eigenvalue weighted by molar-refractivity contribution is -0.116. The van der Waals surface area contributed by atoms with Crippen LogP contribution in [-0.4, -0.2) is 17.5 Å². The van der Waals surface area contributed by atoms with Crippen LogP contribution in [0, 0.1) is 0 Å². The van der Waals surface area contributed by atoms with Gasteiger partial charge in [-0.15, -0.1) is 22.0 Å². The van der Waals surface area contributed by atoms with E-state index in [1.165, 1.54) is 6.92 Å². The highest BCUT2D eigenvalue weighted by atomic mass is 35.5. The average Bonchev–Trinajstić information content (AvgIpc) is 1.86. The minimum Gasteiger partial charge on any atom is -0.224 e. The molecule has 56 valence electrons. The lowest BCUT2D eigenvalue weighted by Crippen LogP contribution is -2.29. The van der Waals surface area contributed by atoms with Gasteiger partial charge >= 0.3 is 0 Å². The van der Waals surface area contributed by atoms with E-state index < -0.39 is 5.79 Å². The Morgan fingerprint density at radius 1 is 1.56 bits per heavy atom. The normalized spacial score (nSPS) is 36.3. The molecule has 9 heavy (non-hydrogen) atoms. The van der Waals surface area contributed by atoms with E-state index in [4.69, 9.17) is 0 Å². The molecule has 1 aliphatic heterocycles. The monoisotopic (exact) mass is 157 g/mol. The van der Waals surface area contributed by atoms with Crippen LogP contribution < -0.4 is 0 Å². The van der Waals surface area contributed by atoms with Crippen LogP contribution in [-0.2, 0) is 0 Å². The van der Waals surface area contributed by atoms with E-state index in [0.717, 1.165) is 0 Å². The molecular weight excluding hydrogens is 148 g/mol. The molecule has 1 nitrogen and oxygen atoms in total. The third kappa shape index (κ3) is 1.76. The second-order valence-corrected chi connectivity index (χ2v) is 2.33. The number of rotatable bonds is 0. The number of hydrogen-bond acceptors (Lipinski definition) is 1. The largest absolute Gasteiger partial charge is 0.224 e. The highest BCUT2D eigenvalue weighted by Gasteiger charge is 2.36. The van der Waals surface area contributed by atoms with Gasteiger partial charge in [0.2, 0.25) is 0 Å². The van der Waals surface area contributed by atoms with Crippen molar-refractivity contribution in [1.82, 2.24) is 5.12 Å². The first-order valence-electron chi connectivity index (χ1n) is 2.75. The van der Waals surface area contributed by atoms with Gasteiger partial charge in [-0.2, -0.15) is 0 Å². The van der Waals surface area contributed by atoms with E-state index in [1.54, 1.807) is 0 Å². The summed E-state index contributed by atoms with van der Waals surface area (Å²) in [6.07, 6.45) is 0.951. The van der Waals surface area contributed by atoms with Gasteiger partial charge in [0.25, 0.3) is 0 Å². The Labute approximate surface area is 59.4 Å². The average molecular weight is 158 g/mol. The van der Waals surface area contributed by atoms with Gasteiger partial charge in [0, 0.05) is 6.54 Å². The van der Waals surface area contributed by atoms with Crippen LogP contribution >= 0.6 is 12.4 Å². The van der Waals surface area contributed by atoms with Gasteiger partial charge in [-0.25, -0.2) is 4.39 Å². The SMILES string of the molecule is CC1(F)CCCN1F.Cl.